The SMILES string of the molecule is CCNC(CC(C)C)C(=O)[C@@H]1CC[C@@H](C#N)N1. The van der Waals surface area contributed by atoms with Crippen molar-refractivity contribution in [2.45, 2.75) is 58.2 Å². The van der Waals surface area contributed by atoms with Gasteiger partial charge in [0.15, 0.2) is 5.78 Å². The summed E-state index contributed by atoms with van der Waals surface area (Å²) in [4.78, 5) is 12.3. The molecular formula is C13H23N3O. The quantitative estimate of drug-likeness (QED) is 0.729. The number of likely N-dealkylation sites (N-methyl/N-ethyl adjacent to an activating group) is 1. The molecule has 1 rings (SSSR count). The molecule has 3 atom stereocenters. The van der Waals surface area contributed by atoms with E-state index in [4.69, 9.17) is 5.26 Å². The van der Waals surface area contributed by atoms with E-state index in [9.17, 15) is 4.79 Å². The van der Waals surface area contributed by atoms with Crippen LogP contribution >= 0.6 is 0 Å². The minimum atomic E-state index is -0.148. The summed E-state index contributed by atoms with van der Waals surface area (Å²) in [6.07, 6.45) is 2.44. The molecule has 0 aromatic heterocycles. The summed E-state index contributed by atoms with van der Waals surface area (Å²) in [5, 5.41) is 15.2. The number of carbonyl (C=O) groups is 1. The van der Waals surface area contributed by atoms with Gasteiger partial charge in [0, 0.05) is 0 Å². The average molecular weight is 237 g/mol. The number of rotatable bonds is 6. The zero-order valence-electron chi connectivity index (χ0n) is 11.0. The van der Waals surface area contributed by atoms with Gasteiger partial charge in [-0.15, -0.1) is 0 Å². The molecule has 0 saturated carbocycles. The monoisotopic (exact) mass is 237 g/mol. The number of carbonyl (C=O) groups excluding carboxylic acids is 1. The van der Waals surface area contributed by atoms with Gasteiger partial charge in [0.1, 0.15) is 0 Å². The molecule has 0 radical (unpaired) electrons. The van der Waals surface area contributed by atoms with Gasteiger partial charge in [-0.3, -0.25) is 10.1 Å². The molecule has 0 spiro atoms. The van der Waals surface area contributed by atoms with Gasteiger partial charge in [-0.2, -0.15) is 5.26 Å². The number of hydrogen-bond donors (Lipinski definition) is 2. The van der Waals surface area contributed by atoms with Crippen molar-refractivity contribution in [3.05, 3.63) is 0 Å². The van der Waals surface area contributed by atoms with Gasteiger partial charge in [-0.05, 0) is 31.7 Å². The van der Waals surface area contributed by atoms with E-state index >= 15 is 0 Å². The standard InChI is InChI=1S/C13H23N3O/c1-4-15-12(7-9(2)3)13(17)11-6-5-10(8-14)16-11/h9-12,15-16H,4-7H2,1-3H3/t10-,11-,12?/m0/s1. The molecular weight excluding hydrogens is 214 g/mol. The van der Waals surface area contributed by atoms with Crippen molar-refractivity contribution >= 4 is 5.78 Å². The second-order valence-corrected chi connectivity index (χ2v) is 5.12. The van der Waals surface area contributed by atoms with Crippen molar-refractivity contribution in [3.63, 3.8) is 0 Å². The number of ketones is 1. The lowest BCUT2D eigenvalue weighted by molar-refractivity contribution is -0.123. The minimum Gasteiger partial charge on any atom is -0.308 e. The number of nitrogens with zero attached hydrogens (tertiary/aromatic N) is 1. The molecule has 1 aliphatic rings. The van der Waals surface area contributed by atoms with Crippen molar-refractivity contribution in [1.29, 1.82) is 5.26 Å². The fourth-order valence-electron chi connectivity index (χ4n) is 2.33. The first-order valence-corrected chi connectivity index (χ1v) is 6.51. The highest BCUT2D eigenvalue weighted by molar-refractivity contribution is 5.89. The van der Waals surface area contributed by atoms with Crippen LogP contribution in [-0.2, 0) is 4.79 Å². The predicted octanol–water partition coefficient (Wildman–Crippen LogP) is 1.22. The Hall–Kier alpha value is -0.920. The molecule has 0 aromatic carbocycles. The molecule has 0 amide bonds. The van der Waals surface area contributed by atoms with Crippen LogP contribution in [0.15, 0.2) is 0 Å². The smallest absolute Gasteiger partial charge is 0.166 e. The average Bonchev–Trinajstić information content (AvgIpc) is 2.75. The molecule has 2 N–H and O–H groups in total. The largest absolute Gasteiger partial charge is 0.308 e. The molecule has 17 heavy (non-hydrogen) atoms. The van der Waals surface area contributed by atoms with Gasteiger partial charge in [0.2, 0.25) is 0 Å². The highest BCUT2D eigenvalue weighted by atomic mass is 16.1. The number of nitrogens with one attached hydrogen (secondary N) is 2. The maximum absolute atomic E-state index is 12.3. The molecule has 0 aliphatic carbocycles. The third kappa shape index (κ3) is 4.10. The van der Waals surface area contributed by atoms with Crippen LogP contribution in [0.2, 0.25) is 0 Å². The fourth-order valence-corrected chi connectivity index (χ4v) is 2.33. The molecule has 1 unspecified atom stereocenters. The second kappa shape index (κ2) is 6.73. The Balaban J connectivity index is 2.56. The first-order valence-electron chi connectivity index (χ1n) is 6.51. The third-order valence-corrected chi connectivity index (χ3v) is 3.15. The molecule has 1 aliphatic heterocycles. The van der Waals surface area contributed by atoms with Crippen LogP contribution in [0.5, 0.6) is 0 Å². The molecule has 1 fully saturated rings. The molecule has 0 bridgehead atoms. The van der Waals surface area contributed by atoms with Gasteiger partial charge >= 0.3 is 0 Å². The van der Waals surface area contributed by atoms with Gasteiger partial charge in [-0.25, -0.2) is 0 Å². The Labute approximate surface area is 104 Å². The summed E-state index contributed by atoms with van der Waals surface area (Å²) in [5.41, 5.74) is 0. The number of nitriles is 1. The zero-order valence-corrected chi connectivity index (χ0v) is 11.0. The molecule has 4 nitrogen and oxygen atoms in total. The maximum atomic E-state index is 12.3. The highest BCUT2D eigenvalue weighted by Crippen LogP contribution is 2.16. The molecule has 96 valence electrons. The summed E-state index contributed by atoms with van der Waals surface area (Å²) in [6.45, 7) is 7.06. The van der Waals surface area contributed by atoms with Crippen molar-refractivity contribution < 1.29 is 4.79 Å². The minimum absolute atomic E-state index is 0.0741. The van der Waals surface area contributed by atoms with Crippen LogP contribution in [0.25, 0.3) is 0 Å². The fraction of sp³-hybridized carbons (Fsp3) is 0.846. The van der Waals surface area contributed by atoms with Crippen LogP contribution in [0.3, 0.4) is 0 Å². The van der Waals surface area contributed by atoms with Gasteiger partial charge in [-0.1, -0.05) is 20.8 Å². The third-order valence-electron chi connectivity index (χ3n) is 3.15. The summed E-state index contributed by atoms with van der Waals surface area (Å²) < 4.78 is 0. The highest BCUT2D eigenvalue weighted by Gasteiger charge is 2.32. The molecule has 1 saturated heterocycles. The first kappa shape index (κ1) is 14.1. The molecule has 1 heterocycles. The van der Waals surface area contributed by atoms with E-state index in [0.29, 0.717) is 5.92 Å². The van der Waals surface area contributed by atoms with E-state index < -0.39 is 0 Å². The summed E-state index contributed by atoms with van der Waals surface area (Å²) in [6, 6.07) is 1.82. The van der Waals surface area contributed by atoms with E-state index in [1.54, 1.807) is 0 Å². The molecule has 4 heteroatoms. The van der Waals surface area contributed by atoms with E-state index in [-0.39, 0.29) is 23.9 Å². The lowest BCUT2D eigenvalue weighted by Gasteiger charge is -2.22. The lowest BCUT2D eigenvalue weighted by Crippen LogP contribution is -2.47. The lowest BCUT2D eigenvalue weighted by atomic mass is 9.95. The Bertz CT molecular complexity index is 296. The van der Waals surface area contributed by atoms with Gasteiger partial charge in [0.05, 0.1) is 24.2 Å². The molecule has 0 aromatic rings. The number of Topliss-reactive ketones (excluding diaryl/α,β-unsaturated/α-hetero) is 1. The number of hydrogen-bond acceptors (Lipinski definition) is 4. The van der Waals surface area contributed by atoms with Crippen molar-refractivity contribution in [1.82, 2.24) is 10.6 Å². The Morgan fingerprint density at radius 3 is 2.71 bits per heavy atom. The Kier molecular flexibility index (Phi) is 5.60. The van der Waals surface area contributed by atoms with Crippen LogP contribution < -0.4 is 10.6 Å². The zero-order chi connectivity index (χ0) is 12.8. The van der Waals surface area contributed by atoms with E-state index in [1.807, 2.05) is 6.92 Å². The Morgan fingerprint density at radius 1 is 1.53 bits per heavy atom. The van der Waals surface area contributed by atoms with E-state index in [2.05, 4.69) is 30.6 Å². The van der Waals surface area contributed by atoms with Crippen molar-refractivity contribution in [3.8, 4) is 6.07 Å². The van der Waals surface area contributed by atoms with Crippen LogP contribution in [0.1, 0.15) is 40.0 Å². The van der Waals surface area contributed by atoms with Crippen LogP contribution in [0.4, 0.5) is 0 Å². The second-order valence-electron chi connectivity index (χ2n) is 5.12. The maximum Gasteiger partial charge on any atom is 0.166 e. The van der Waals surface area contributed by atoms with Crippen molar-refractivity contribution in [2.24, 2.45) is 5.92 Å². The summed E-state index contributed by atoms with van der Waals surface area (Å²) >= 11 is 0. The van der Waals surface area contributed by atoms with Crippen LogP contribution in [0, 0.1) is 17.2 Å². The normalized spacial score (nSPS) is 25.8. The summed E-state index contributed by atoms with van der Waals surface area (Å²) in [7, 11) is 0. The topological polar surface area (TPSA) is 64.9 Å². The van der Waals surface area contributed by atoms with Crippen molar-refractivity contribution in [2.75, 3.05) is 6.54 Å². The predicted molar refractivity (Wildman–Crippen MR) is 67.5 cm³/mol. The Morgan fingerprint density at radius 2 is 2.24 bits per heavy atom. The summed E-state index contributed by atoms with van der Waals surface area (Å²) in [5.74, 6) is 0.717. The van der Waals surface area contributed by atoms with Gasteiger partial charge in [0.25, 0.3) is 0 Å². The van der Waals surface area contributed by atoms with E-state index in [1.165, 1.54) is 0 Å². The van der Waals surface area contributed by atoms with E-state index in [0.717, 1.165) is 25.8 Å². The first-order chi connectivity index (χ1) is 8.08. The van der Waals surface area contributed by atoms with Crippen LogP contribution in [-0.4, -0.2) is 30.5 Å². The van der Waals surface area contributed by atoms with Gasteiger partial charge < -0.3 is 5.32 Å².